The maximum atomic E-state index is 6.19. The molecule has 6 heteroatoms. The Hall–Kier alpha value is -0.480. The van der Waals surface area contributed by atoms with Gasteiger partial charge in [-0.25, -0.2) is 4.98 Å². The molecule has 0 aliphatic heterocycles. The SMILES string of the molecule is CN(Cc1ccc(Cl)s1)c1ncc(CCl)cc1Cl. The summed E-state index contributed by atoms with van der Waals surface area (Å²) in [6.07, 6.45) is 1.74. The highest BCUT2D eigenvalue weighted by molar-refractivity contribution is 7.16. The van der Waals surface area contributed by atoms with Crippen molar-refractivity contribution in [2.45, 2.75) is 12.4 Å². The summed E-state index contributed by atoms with van der Waals surface area (Å²) < 4.78 is 0.787. The molecule has 0 N–H and O–H groups in total. The lowest BCUT2D eigenvalue weighted by atomic mass is 10.3. The Balaban J connectivity index is 2.15. The van der Waals surface area contributed by atoms with Crippen molar-refractivity contribution in [1.82, 2.24) is 4.98 Å². The molecule has 2 aromatic heterocycles. The Morgan fingerprint density at radius 3 is 2.67 bits per heavy atom. The Bertz CT molecular complexity index is 542. The Morgan fingerprint density at radius 1 is 1.33 bits per heavy atom. The zero-order chi connectivity index (χ0) is 13.1. The fraction of sp³-hybridized carbons (Fsp3) is 0.250. The summed E-state index contributed by atoms with van der Waals surface area (Å²) in [5.41, 5.74) is 0.915. The molecule has 0 aromatic carbocycles. The molecule has 0 aliphatic carbocycles. The second-order valence-corrected chi connectivity index (χ2v) is 6.32. The number of thiophene rings is 1. The first-order chi connectivity index (χ1) is 8.60. The van der Waals surface area contributed by atoms with Crippen LogP contribution in [0.4, 0.5) is 5.82 Å². The fourth-order valence-corrected chi connectivity index (χ4v) is 3.19. The molecule has 0 fully saturated rings. The molecular formula is C12H11Cl3N2S. The third kappa shape index (κ3) is 3.29. The van der Waals surface area contributed by atoms with Gasteiger partial charge in [0.15, 0.2) is 0 Å². The minimum atomic E-state index is 0.414. The van der Waals surface area contributed by atoms with Gasteiger partial charge in [0.25, 0.3) is 0 Å². The quantitative estimate of drug-likeness (QED) is 0.750. The minimum absolute atomic E-state index is 0.414. The molecule has 0 bridgehead atoms. The number of hydrogen-bond acceptors (Lipinski definition) is 3. The lowest BCUT2D eigenvalue weighted by molar-refractivity contribution is 0.911. The average Bonchev–Trinajstić information content (AvgIpc) is 2.74. The number of nitrogens with zero attached hydrogens (tertiary/aromatic N) is 2. The third-order valence-corrected chi connectivity index (χ3v) is 4.22. The van der Waals surface area contributed by atoms with Crippen LogP contribution < -0.4 is 4.90 Å². The third-order valence-electron chi connectivity index (χ3n) is 2.42. The van der Waals surface area contributed by atoms with Crippen molar-refractivity contribution in [3.05, 3.63) is 44.2 Å². The summed E-state index contributed by atoms with van der Waals surface area (Å²) in [4.78, 5) is 7.49. The summed E-state index contributed by atoms with van der Waals surface area (Å²) in [6.45, 7) is 0.727. The van der Waals surface area contributed by atoms with E-state index in [0.717, 1.165) is 22.3 Å². The number of hydrogen-bond donors (Lipinski definition) is 0. The van der Waals surface area contributed by atoms with Crippen molar-refractivity contribution in [1.29, 1.82) is 0 Å². The maximum Gasteiger partial charge on any atom is 0.147 e. The molecule has 0 amide bonds. The smallest absolute Gasteiger partial charge is 0.147 e. The molecule has 0 aliphatic rings. The van der Waals surface area contributed by atoms with Crippen LogP contribution in [0.3, 0.4) is 0 Å². The topological polar surface area (TPSA) is 16.1 Å². The first kappa shape index (κ1) is 13.9. The predicted molar refractivity (Wildman–Crippen MR) is 80.2 cm³/mol. The van der Waals surface area contributed by atoms with E-state index in [1.165, 1.54) is 4.88 Å². The highest BCUT2D eigenvalue weighted by Gasteiger charge is 2.10. The van der Waals surface area contributed by atoms with Gasteiger partial charge >= 0.3 is 0 Å². The van der Waals surface area contributed by atoms with E-state index in [1.807, 2.05) is 30.1 Å². The summed E-state index contributed by atoms with van der Waals surface area (Å²) in [5, 5.41) is 0.610. The molecule has 0 unspecified atom stereocenters. The molecule has 2 nitrogen and oxygen atoms in total. The zero-order valence-electron chi connectivity index (χ0n) is 9.66. The lowest BCUT2D eigenvalue weighted by Crippen LogP contribution is -2.17. The van der Waals surface area contributed by atoms with Gasteiger partial charge in [-0.3, -0.25) is 0 Å². The van der Waals surface area contributed by atoms with E-state index in [9.17, 15) is 0 Å². The Morgan fingerprint density at radius 2 is 2.11 bits per heavy atom. The van der Waals surface area contributed by atoms with E-state index in [4.69, 9.17) is 34.8 Å². The van der Waals surface area contributed by atoms with Crippen LogP contribution in [-0.2, 0) is 12.4 Å². The molecule has 2 aromatic rings. The molecule has 0 saturated carbocycles. The largest absolute Gasteiger partial charge is 0.353 e. The number of pyridine rings is 1. The number of rotatable bonds is 4. The van der Waals surface area contributed by atoms with E-state index in [0.29, 0.717) is 10.9 Å². The van der Waals surface area contributed by atoms with E-state index >= 15 is 0 Å². The predicted octanol–water partition coefficient (Wildman–Crippen LogP) is 4.83. The molecule has 0 atom stereocenters. The van der Waals surface area contributed by atoms with Crippen LogP contribution >= 0.6 is 46.1 Å². The monoisotopic (exact) mass is 320 g/mol. The van der Waals surface area contributed by atoms with Crippen molar-refractivity contribution in [3.8, 4) is 0 Å². The molecule has 96 valence electrons. The summed E-state index contributed by atoms with van der Waals surface area (Å²) in [6, 6.07) is 5.74. The maximum absolute atomic E-state index is 6.19. The van der Waals surface area contributed by atoms with Crippen LogP contribution in [-0.4, -0.2) is 12.0 Å². The van der Waals surface area contributed by atoms with Gasteiger partial charge in [0, 0.05) is 24.0 Å². The highest BCUT2D eigenvalue weighted by atomic mass is 35.5. The van der Waals surface area contributed by atoms with Gasteiger partial charge < -0.3 is 4.90 Å². The van der Waals surface area contributed by atoms with Crippen molar-refractivity contribution in [3.63, 3.8) is 0 Å². The van der Waals surface area contributed by atoms with Gasteiger partial charge in [-0.05, 0) is 23.8 Å². The average molecular weight is 322 g/mol. The molecule has 2 heterocycles. The van der Waals surface area contributed by atoms with Crippen LogP contribution in [0.25, 0.3) is 0 Å². The first-order valence-electron chi connectivity index (χ1n) is 5.26. The van der Waals surface area contributed by atoms with Gasteiger partial charge in [-0.15, -0.1) is 22.9 Å². The number of halogens is 3. The van der Waals surface area contributed by atoms with Crippen LogP contribution in [0, 0.1) is 0 Å². The number of aromatic nitrogens is 1. The number of anilines is 1. The zero-order valence-corrected chi connectivity index (χ0v) is 12.7. The second kappa shape index (κ2) is 6.11. The highest BCUT2D eigenvalue weighted by Crippen LogP contribution is 2.27. The molecule has 0 spiro atoms. The van der Waals surface area contributed by atoms with Gasteiger partial charge in [0.1, 0.15) is 5.82 Å². The van der Waals surface area contributed by atoms with Gasteiger partial charge in [0.2, 0.25) is 0 Å². The normalized spacial score (nSPS) is 10.7. The van der Waals surface area contributed by atoms with Crippen LogP contribution in [0.5, 0.6) is 0 Å². The Labute approximate surface area is 125 Å². The van der Waals surface area contributed by atoms with Crippen molar-refractivity contribution in [2.24, 2.45) is 0 Å². The second-order valence-electron chi connectivity index (χ2n) is 3.84. The van der Waals surface area contributed by atoms with Gasteiger partial charge in [0.05, 0.1) is 15.9 Å². The van der Waals surface area contributed by atoms with Crippen LogP contribution in [0.2, 0.25) is 9.36 Å². The van der Waals surface area contributed by atoms with Crippen LogP contribution in [0.1, 0.15) is 10.4 Å². The van der Waals surface area contributed by atoms with Crippen molar-refractivity contribution < 1.29 is 0 Å². The molecule has 18 heavy (non-hydrogen) atoms. The van der Waals surface area contributed by atoms with Crippen molar-refractivity contribution in [2.75, 3.05) is 11.9 Å². The van der Waals surface area contributed by atoms with E-state index < -0.39 is 0 Å². The number of alkyl halides is 1. The fourth-order valence-electron chi connectivity index (χ4n) is 1.57. The molecule has 0 radical (unpaired) electrons. The summed E-state index contributed by atoms with van der Waals surface area (Å²) >= 11 is 19.4. The molecule has 0 saturated heterocycles. The Kier molecular flexibility index (Phi) is 4.73. The van der Waals surface area contributed by atoms with E-state index in [-0.39, 0.29) is 0 Å². The first-order valence-corrected chi connectivity index (χ1v) is 7.36. The van der Waals surface area contributed by atoms with Gasteiger partial charge in [-0.2, -0.15) is 0 Å². The van der Waals surface area contributed by atoms with E-state index in [2.05, 4.69) is 4.98 Å². The summed E-state index contributed by atoms with van der Waals surface area (Å²) in [7, 11) is 1.95. The molecular weight excluding hydrogens is 311 g/mol. The lowest BCUT2D eigenvalue weighted by Gasteiger charge is -2.18. The molecule has 2 rings (SSSR count). The summed E-state index contributed by atoms with van der Waals surface area (Å²) in [5.74, 6) is 1.16. The van der Waals surface area contributed by atoms with Crippen LogP contribution in [0.15, 0.2) is 24.4 Å². The standard InChI is InChI=1S/C12H11Cl3N2S/c1-17(7-9-2-3-11(15)18-9)12-10(14)4-8(5-13)6-16-12/h2-4,6H,5,7H2,1H3. The van der Waals surface area contributed by atoms with Gasteiger partial charge in [-0.1, -0.05) is 23.2 Å². The van der Waals surface area contributed by atoms with Crippen molar-refractivity contribution >= 4 is 52.0 Å². The van der Waals surface area contributed by atoms with E-state index in [1.54, 1.807) is 17.5 Å². The minimum Gasteiger partial charge on any atom is -0.353 e.